The van der Waals surface area contributed by atoms with Crippen molar-refractivity contribution in [3.8, 4) is 12.1 Å². The van der Waals surface area contributed by atoms with E-state index < -0.39 is 17.0 Å². The van der Waals surface area contributed by atoms with Crippen LogP contribution in [0.2, 0.25) is 0 Å². The van der Waals surface area contributed by atoms with Crippen LogP contribution in [0.25, 0.3) is 16.5 Å². The van der Waals surface area contributed by atoms with Crippen molar-refractivity contribution in [3.05, 3.63) is 46.0 Å². The Labute approximate surface area is 289 Å². The van der Waals surface area contributed by atoms with Gasteiger partial charge in [-0.2, -0.15) is 15.2 Å². The molecule has 2 aliphatic carbocycles. The molecule has 11 nitrogen and oxygen atoms in total. The number of nitrogens with one attached hydrogen (secondary N) is 1. The molecule has 6 atom stereocenters. The van der Waals surface area contributed by atoms with Crippen LogP contribution in [0.15, 0.2) is 34.8 Å². The molecule has 260 valence electrons. The molecule has 0 spiro atoms. The van der Waals surface area contributed by atoms with Crippen LogP contribution < -0.4 is 26.4 Å². The topological polar surface area (TPSA) is 161 Å². The highest BCUT2D eigenvalue weighted by atomic mass is 32.2. The molecule has 6 heterocycles. The van der Waals surface area contributed by atoms with Gasteiger partial charge < -0.3 is 25.8 Å². The summed E-state index contributed by atoms with van der Waals surface area (Å²) in [5, 5.41) is 13.0. The van der Waals surface area contributed by atoms with Crippen molar-refractivity contribution in [1.82, 2.24) is 25.2 Å². The quantitative estimate of drug-likeness (QED) is 0.270. The maximum atomic E-state index is 16.7. The van der Waals surface area contributed by atoms with Crippen LogP contribution in [0.3, 0.4) is 0 Å². The third-order valence-electron chi connectivity index (χ3n) is 10.7. The molecular weight excluding hydrogens is 649 g/mol. The average Bonchev–Trinajstić information content (AvgIpc) is 3.98. The fourth-order valence-electron chi connectivity index (χ4n) is 8.03. The first kappa shape index (κ1) is 32.8. The molecule has 5 N–H and O–H groups in total. The minimum Gasteiger partial charge on any atom is -0.463 e. The van der Waals surface area contributed by atoms with Gasteiger partial charge in [0.05, 0.1) is 69.4 Å². The Hall–Kier alpha value is -3.35. The lowest BCUT2D eigenvalue weighted by Crippen LogP contribution is -2.48. The summed E-state index contributed by atoms with van der Waals surface area (Å²) in [7, 11) is 0. The molecule has 2 aromatic heterocycles. The maximum Gasteiger partial charge on any atom is 0.318 e. The number of fused-ring (bicyclic) bond motifs is 2. The molecule has 0 radical (unpaired) electrons. The number of nitrogens with two attached hydrogens (primary N) is 2. The fraction of sp³-hybridized carbons (Fsp3) is 0.600. The van der Waals surface area contributed by atoms with Gasteiger partial charge in [0, 0.05) is 56.3 Å². The number of halogens is 2. The standard InChI is InChI=1S/C35H43F2N9O2S/c1-19-13-45(14-20(2)48-19)17-34(8-9-34)18-47-33-43-29-24(32(44-33)46-10-4-3-5-21(39)15-46)12-41-28(27(29)35(37)16-42-35)22-6-7-25(36)30-26(22)23(11-38)31(40)49-30/h6-7,12,19-21,26,30,42H,3-5,8-10,13-18,39-40H2,1-2H3/t19-,20+,21?,26?,30?,35?. The minimum atomic E-state index is -1.93. The second-order valence-corrected chi connectivity index (χ2v) is 15.9. The number of allylic oxidation sites excluding steroid dienone is 4. The van der Waals surface area contributed by atoms with Crippen molar-refractivity contribution in [2.75, 3.05) is 50.8 Å². The zero-order valence-electron chi connectivity index (χ0n) is 27.9. The zero-order valence-corrected chi connectivity index (χ0v) is 28.7. The van der Waals surface area contributed by atoms with E-state index in [1.165, 1.54) is 6.08 Å². The van der Waals surface area contributed by atoms with E-state index >= 15 is 8.78 Å². The first-order valence-electron chi connectivity index (χ1n) is 17.4. The van der Waals surface area contributed by atoms with Gasteiger partial charge in [-0.1, -0.05) is 24.3 Å². The number of hydrogen-bond acceptors (Lipinski definition) is 12. The Morgan fingerprint density at radius 1 is 1.18 bits per heavy atom. The van der Waals surface area contributed by atoms with Gasteiger partial charge in [-0.05, 0) is 51.2 Å². The van der Waals surface area contributed by atoms with Crippen LogP contribution in [0.4, 0.5) is 14.6 Å². The summed E-state index contributed by atoms with van der Waals surface area (Å²) in [4.78, 5) is 19.3. The van der Waals surface area contributed by atoms with Crippen LogP contribution in [-0.4, -0.2) is 89.2 Å². The zero-order chi connectivity index (χ0) is 34.1. The third kappa shape index (κ3) is 6.18. The summed E-state index contributed by atoms with van der Waals surface area (Å²) in [5.74, 6) is -2.40. The maximum absolute atomic E-state index is 16.7. The molecule has 14 heteroatoms. The highest BCUT2D eigenvalue weighted by Gasteiger charge is 2.51. The monoisotopic (exact) mass is 691 g/mol. The molecular formula is C35H43F2N9O2S. The molecule has 0 aromatic carbocycles. The predicted octanol–water partition coefficient (Wildman–Crippen LogP) is 4.01. The smallest absolute Gasteiger partial charge is 0.318 e. The Morgan fingerprint density at radius 2 is 1.96 bits per heavy atom. The molecule has 4 aliphatic heterocycles. The Morgan fingerprint density at radius 3 is 2.67 bits per heavy atom. The van der Waals surface area contributed by atoms with E-state index in [-0.39, 0.29) is 58.2 Å². The first-order chi connectivity index (χ1) is 23.6. The lowest BCUT2D eigenvalue weighted by Gasteiger charge is -2.37. The van der Waals surface area contributed by atoms with E-state index in [9.17, 15) is 5.26 Å². The van der Waals surface area contributed by atoms with Crippen LogP contribution in [0.5, 0.6) is 6.01 Å². The summed E-state index contributed by atoms with van der Waals surface area (Å²) in [6, 6.07) is 2.31. The number of thioether (sulfide) groups is 1. The highest BCUT2D eigenvalue weighted by molar-refractivity contribution is 8.04. The lowest BCUT2D eigenvalue weighted by atomic mass is 9.81. The van der Waals surface area contributed by atoms with Crippen LogP contribution >= 0.6 is 11.8 Å². The number of nitrogens with zero attached hydrogens (tertiary/aromatic N) is 6. The fourth-order valence-corrected chi connectivity index (χ4v) is 9.21. The van der Waals surface area contributed by atoms with Crippen LogP contribution in [0.1, 0.15) is 57.2 Å². The van der Waals surface area contributed by atoms with Crippen molar-refractivity contribution in [1.29, 1.82) is 5.26 Å². The molecule has 3 saturated heterocycles. The molecule has 6 aliphatic rings. The van der Waals surface area contributed by atoms with Gasteiger partial charge in [-0.15, -0.1) is 0 Å². The van der Waals surface area contributed by atoms with E-state index in [1.807, 2.05) is 0 Å². The second-order valence-electron chi connectivity index (χ2n) is 14.7. The molecule has 8 rings (SSSR count). The number of aromatic nitrogens is 3. The number of rotatable bonds is 8. The number of nitriles is 1. The average molecular weight is 692 g/mol. The molecule has 0 bridgehead atoms. The van der Waals surface area contributed by atoms with Gasteiger partial charge in [-0.3, -0.25) is 15.2 Å². The molecule has 4 fully saturated rings. The van der Waals surface area contributed by atoms with Gasteiger partial charge in [0.2, 0.25) is 5.79 Å². The number of pyridine rings is 1. The molecule has 1 saturated carbocycles. The van der Waals surface area contributed by atoms with E-state index in [4.69, 9.17) is 35.9 Å². The summed E-state index contributed by atoms with van der Waals surface area (Å²) in [6.45, 7) is 8.71. The Bertz CT molecular complexity index is 1790. The van der Waals surface area contributed by atoms with Gasteiger partial charge in [0.15, 0.2) is 0 Å². The second kappa shape index (κ2) is 12.5. The van der Waals surface area contributed by atoms with Gasteiger partial charge >= 0.3 is 6.01 Å². The van der Waals surface area contributed by atoms with E-state index in [0.717, 1.165) is 70.0 Å². The van der Waals surface area contributed by atoms with E-state index in [0.29, 0.717) is 41.1 Å². The molecule has 49 heavy (non-hydrogen) atoms. The summed E-state index contributed by atoms with van der Waals surface area (Å²) in [5.41, 5.74) is 14.4. The predicted molar refractivity (Wildman–Crippen MR) is 185 cm³/mol. The number of alkyl halides is 1. The van der Waals surface area contributed by atoms with Crippen molar-refractivity contribution >= 4 is 34.1 Å². The lowest BCUT2D eigenvalue weighted by molar-refractivity contribution is -0.0741. The Balaban J connectivity index is 1.21. The minimum absolute atomic E-state index is 0.00968. The first-order valence-corrected chi connectivity index (χ1v) is 18.2. The van der Waals surface area contributed by atoms with Crippen LogP contribution in [0, 0.1) is 22.7 Å². The molecule has 4 unspecified atom stereocenters. The molecule has 0 amide bonds. The molecule has 2 aromatic rings. The normalized spacial score (nSPS) is 32.7. The third-order valence-corrected chi connectivity index (χ3v) is 11.9. The number of ether oxygens (including phenoxy) is 2. The summed E-state index contributed by atoms with van der Waals surface area (Å²) < 4.78 is 44.2. The van der Waals surface area contributed by atoms with Crippen molar-refractivity contribution in [3.63, 3.8) is 0 Å². The largest absolute Gasteiger partial charge is 0.463 e. The van der Waals surface area contributed by atoms with Crippen molar-refractivity contribution in [2.24, 2.45) is 22.8 Å². The van der Waals surface area contributed by atoms with Gasteiger partial charge in [0.1, 0.15) is 11.6 Å². The Kier molecular flexibility index (Phi) is 8.34. The number of morpholine rings is 1. The highest BCUT2D eigenvalue weighted by Crippen LogP contribution is 2.53. The van der Waals surface area contributed by atoms with Gasteiger partial charge in [-0.25, -0.2) is 8.78 Å². The van der Waals surface area contributed by atoms with E-state index in [1.54, 1.807) is 12.3 Å². The van der Waals surface area contributed by atoms with Crippen LogP contribution in [-0.2, 0) is 10.5 Å². The number of hydrogen-bond donors (Lipinski definition) is 3. The van der Waals surface area contributed by atoms with E-state index in [2.05, 4.69) is 35.0 Å². The van der Waals surface area contributed by atoms with Crippen molar-refractivity contribution < 1.29 is 18.3 Å². The summed E-state index contributed by atoms with van der Waals surface area (Å²) >= 11 is 1.11. The SMILES string of the molecule is C[C@@H]1CN(CC2(COc3nc(N4CCCCC(N)C4)c4cnc(C5=CC=C(F)C6SC(N)=C(C#N)C56)c(C5(F)CN5)c4n3)CC2)C[C@H](C)O1. The summed E-state index contributed by atoms with van der Waals surface area (Å²) in [6.07, 6.45) is 9.93. The van der Waals surface area contributed by atoms with Gasteiger partial charge in [0.25, 0.3) is 0 Å². The van der Waals surface area contributed by atoms with Crippen molar-refractivity contribution in [2.45, 2.75) is 75.2 Å². The number of anilines is 1.